The van der Waals surface area contributed by atoms with Crippen LogP contribution in [-0.2, 0) is 0 Å². The van der Waals surface area contributed by atoms with E-state index in [-0.39, 0.29) is 0 Å². The summed E-state index contributed by atoms with van der Waals surface area (Å²) >= 11 is 9.34. The molecule has 0 unspecified atom stereocenters. The minimum atomic E-state index is 0.312. The zero-order valence-electron chi connectivity index (χ0n) is 10.2. The Labute approximate surface area is 116 Å². The van der Waals surface area contributed by atoms with Crippen molar-refractivity contribution in [3.05, 3.63) is 16.0 Å². The molecule has 1 aliphatic rings. The van der Waals surface area contributed by atoms with Gasteiger partial charge in [-0.1, -0.05) is 20.3 Å². The van der Waals surface area contributed by atoms with E-state index in [0.29, 0.717) is 10.7 Å². The van der Waals surface area contributed by atoms with Crippen molar-refractivity contribution in [2.24, 2.45) is 5.41 Å². The second kappa shape index (κ2) is 5.11. The largest absolute Gasteiger partial charge is 0.355 e. The molecule has 0 amide bonds. The first-order valence-corrected chi connectivity index (χ1v) is 7.14. The highest BCUT2D eigenvalue weighted by Crippen LogP contribution is 2.36. The van der Waals surface area contributed by atoms with Gasteiger partial charge in [0.1, 0.15) is 5.82 Å². The van der Waals surface area contributed by atoms with E-state index in [1.807, 2.05) is 0 Å². The lowest BCUT2D eigenvalue weighted by Crippen LogP contribution is -2.39. The third-order valence-corrected chi connectivity index (χ3v) is 4.56. The van der Waals surface area contributed by atoms with Crippen LogP contribution in [-0.4, -0.2) is 23.1 Å². The molecule has 1 fully saturated rings. The number of rotatable bonds is 2. The summed E-state index contributed by atoms with van der Waals surface area (Å²) < 4.78 is 0.919. The second-order valence-corrected chi connectivity index (χ2v) is 6.15. The van der Waals surface area contributed by atoms with Gasteiger partial charge in [0.15, 0.2) is 0 Å². The van der Waals surface area contributed by atoms with E-state index in [1.165, 1.54) is 19.3 Å². The van der Waals surface area contributed by atoms with Crippen LogP contribution in [0, 0.1) is 5.41 Å². The molecule has 94 valence electrons. The lowest BCUT2D eigenvalue weighted by Gasteiger charge is -2.39. The number of anilines is 1. The average molecular weight is 319 g/mol. The van der Waals surface area contributed by atoms with Crippen LogP contribution in [0.2, 0.25) is 5.28 Å². The van der Waals surface area contributed by atoms with Crippen LogP contribution >= 0.6 is 27.5 Å². The zero-order valence-corrected chi connectivity index (χ0v) is 12.6. The molecular weight excluding hydrogens is 302 g/mol. The predicted octanol–water partition coefficient (Wildman–Crippen LogP) is 3.91. The van der Waals surface area contributed by atoms with Gasteiger partial charge in [0.25, 0.3) is 0 Å². The fourth-order valence-electron chi connectivity index (χ4n) is 2.17. The minimum absolute atomic E-state index is 0.312. The third kappa shape index (κ3) is 2.91. The van der Waals surface area contributed by atoms with Crippen molar-refractivity contribution in [3.8, 4) is 0 Å². The molecule has 5 heteroatoms. The molecule has 3 nitrogen and oxygen atoms in total. The highest BCUT2D eigenvalue weighted by Gasteiger charge is 2.29. The van der Waals surface area contributed by atoms with Crippen molar-refractivity contribution in [2.45, 2.75) is 33.1 Å². The number of halogens is 2. The topological polar surface area (TPSA) is 29.0 Å². The molecule has 0 bridgehead atoms. The first-order chi connectivity index (χ1) is 8.04. The van der Waals surface area contributed by atoms with Crippen LogP contribution in [0.1, 0.15) is 33.1 Å². The number of aromatic nitrogens is 2. The molecule has 2 heterocycles. The maximum absolute atomic E-state index is 5.85. The molecule has 0 aromatic carbocycles. The lowest BCUT2D eigenvalue weighted by molar-refractivity contribution is 0.237. The van der Waals surface area contributed by atoms with E-state index in [0.717, 1.165) is 23.4 Å². The molecule has 1 saturated heterocycles. The van der Waals surface area contributed by atoms with Crippen LogP contribution in [0.25, 0.3) is 0 Å². The summed E-state index contributed by atoms with van der Waals surface area (Å²) in [4.78, 5) is 10.5. The van der Waals surface area contributed by atoms with E-state index >= 15 is 0 Å². The van der Waals surface area contributed by atoms with Gasteiger partial charge in [-0.15, -0.1) is 0 Å². The quantitative estimate of drug-likeness (QED) is 0.774. The van der Waals surface area contributed by atoms with Gasteiger partial charge in [0.2, 0.25) is 5.28 Å². The summed E-state index contributed by atoms with van der Waals surface area (Å²) in [5, 5.41) is 0.312. The van der Waals surface area contributed by atoms with Gasteiger partial charge in [-0.2, -0.15) is 4.98 Å². The van der Waals surface area contributed by atoms with Crippen molar-refractivity contribution in [1.82, 2.24) is 9.97 Å². The maximum Gasteiger partial charge on any atom is 0.224 e. The molecule has 0 radical (unpaired) electrons. The minimum Gasteiger partial charge on any atom is -0.355 e. The van der Waals surface area contributed by atoms with Crippen LogP contribution in [0.5, 0.6) is 0 Å². The zero-order chi connectivity index (χ0) is 12.5. The highest BCUT2D eigenvalue weighted by atomic mass is 79.9. The molecule has 1 aromatic rings. The third-order valence-electron chi connectivity index (χ3n) is 3.82. The van der Waals surface area contributed by atoms with E-state index < -0.39 is 0 Å². The Balaban J connectivity index is 2.13. The number of hydrogen-bond acceptors (Lipinski definition) is 3. The lowest BCUT2D eigenvalue weighted by atomic mass is 9.78. The standard InChI is InChI=1S/C12H17BrClN3/c1-3-12(2)4-6-17(7-5-12)10-9(13)8-15-11(14)16-10/h8H,3-7H2,1-2H3. The Kier molecular flexibility index (Phi) is 3.93. The number of piperidine rings is 1. The van der Waals surface area contributed by atoms with Crippen LogP contribution in [0.3, 0.4) is 0 Å². The van der Waals surface area contributed by atoms with Crippen molar-refractivity contribution < 1.29 is 0 Å². The molecule has 0 spiro atoms. The smallest absolute Gasteiger partial charge is 0.224 e. The Morgan fingerprint density at radius 1 is 1.47 bits per heavy atom. The van der Waals surface area contributed by atoms with Gasteiger partial charge in [-0.25, -0.2) is 4.98 Å². The molecule has 0 N–H and O–H groups in total. The maximum atomic E-state index is 5.85. The van der Waals surface area contributed by atoms with E-state index in [2.05, 4.69) is 44.6 Å². The Morgan fingerprint density at radius 3 is 2.71 bits per heavy atom. The van der Waals surface area contributed by atoms with Crippen LogP contribution in [0.4, 0.5) is 5.82 Å². The molecule has 1 aromatic heterocycles. The van der Waals surface area contributed by atoms with Gasteiger partial charge >= 0.3 is 0 Å². The summed E-state index contributed by atoms with van der Waals surface area (Å²) in [6.45, 7) is 6.71. The molecule has 1 aliphatic heterocycles. The number of hydrogen-bond donors (Lipinski definition) is 0. The fourth-order valence-corrected chi connectivity index (χ4v) is 2.74. The van der Waals surface area contributed by atoms with Gasteiger partial charge in [-0.05, 0) is 45.8 Å². The Morgan fingerprint density at radius 2 is 2.12 bits per heavy atom. The van der Waals surface area contributed by atoms with Crippen molar-refractivity contribution in [1.29, 1.82) is 0 Å². The van der Waals surface area contributed by atoms with Gasteiger partial charge in [-0.3, -0.25) is 0 Å². The Bertz CT molecular complexity index is 403. The van der Waals surface area contributed by atoms with E-state index in [4.69, 9.17) is 11.6 Å². The summed E-state index contributed by atoms with van der Waals surface area (Å²) in [5.74, 6) is 0.920. The normalized spacial score (nSPS) is 19.4. The second-order valence-electron chi connectivity index (χ2n) is 4.96. The summed E-state index contributed by atoms with van der Waals surface area (Å²) in [6.07, 6.45) is 5.37. The van der Waals surface area contributed by atoms with Crippen LogP contribution < -0.4 is 4.90 Å². The summed E-state index contributed by atoms with van der Waals surface area (Å²) in [7, 11) is 0. The summed E-state index contributed by atoms with van der Waals surface area (Å²) in [5.41, 5.74) is 0.486. The molecule has 0 saturated carbocycles. The number of nitrogens with zero attached hydrogens (tertiary/aromatic N) is 3. The van der Waals surface area contributed by atoms with Crippen LogP contribution in [0.15, 0.2) is 10.7 Å². The first-order valence-electron chi connectivity index (χ1n) is 5.97. The molecule has 0 aliphatic carbocycles. The summed E-state index contributed by atoms with van der Waals surface area (Å²) in [6, 6.07) is 0. The average Bonchev–Trinajstić information content (AvgIpc) is 2.34. The molecule has 17 heavy (non-hydrogen) atoms. The van der Waals surface area contributed by atoms with Gasteiger partial charge < -0.3 is 4.90 Å². The van der Waals surface area contributed by atoms with Gasteiger partial charge in [0, 0.05) is 19.3 Å². The predicted molar refractivity (Wildman–Crippen MR) is 74.6 cm³/mol. The molecular formula is C12H17BrClN3. The Hall–Kier alpha value is -0.350. The van der Waals surface area contributed by atoms with E-state index in [9.17, 15) is 0 Å². The SMILES string of the molecule is CCC1(C)CCN(c2nc(Cl)ncc2Br)CC1. The monoisotopic (exact) mass is 317 g/mol. The molecule has 2 rings (SSSR count). The van der Waals surface area contributed by atoms with E-state index in [1.54, 1.807) is 6.20 Å². The van der Waals surface area contributed by atoms with Crippen molar-refractivity contribution >= 4 is 33.3 Å². The first kappa shape index (κ1) is 13.1. The molecule has 0 atom stereocenters. The van der Waals surface area contributed by atoms with Crippen molar-refractivity contribution in [3.63, 3.8) is 0 Å². The van der Waals surface area contributed by atoms with Crippen molar-refractivity contribution in [2.75, 3.05) is 18.0 Å². The van der Waals surface area contributed by atoms with Gasteiger partial charge in [0.05, 0.1) is 4.47 Å². The highest BCUT2D eigenvalue weighted by molar-refractivity contribution is 9.10. The fraction of sp³-hybridized carbons (Fsp3) is 0.667.